The minimum Gasteiger partial charge on any atom is -0.339 e. The van der Waals surface area contributed by atoms with Gasteiger partial charge in [-0.2, -0.15) is 0 Å². The number of nitrogens with zero attached hydrogens (tertiary/aromatic N) is 2. The van der Waals surface area contributed by atoms with Gasteiger partial charge in [-0.05, 0) is 48.9 Å². The topological polar surface area (TPSA) is 96.4 Å². The van der Waals surface area contributed by atoms with Crippen LogP contribution in [0, 0.1) is 6.92 Å². The minimum atomic E-state index is -3.43. The third kappa shape index (κ3) is 5.48. The van der Waals surface area contributed by atoms with E-state index < -0.39 is 10.0 Å². The molecule has 172 valence electrons. The largest absolute Gasteiger partial charge is 0.339 e. The maximum Gasteiger partial charge on any atom is 0.253 e. The molecule has 7 nitrogen and oxygen atoms in total. The highest BCUT2D eigenvalue weighted by Gasteiger charge is 2.25. The van der Waals surface area contributed by atoms with Gasteiger partial charge in [-0.25, -0.2) is 13.4 Å². The van der Waals surface area contributed by atoms with Crippen LogP contribution in [-0.4, -0.2) is 49.3 Å². The van der Waals surface area contributed by atoms with Crippen LogP contribution in [0.25, 0.3) is 0 Å². The van der Waals surface area contributed by atoms with Gasteiger partial charge in [0.2, 0.25) is 15.8 Å². The average molecular weight is 484 g/mol. The van der Waals surface area contributed by atoms with Crippen LogP contribution < -0.4 is 4.72 Å². The number of carbonyl (C=O) groups excluding carboxylic acids is 2. The summed E-state index contributed by atoms with van der Waals surface area (Å²) in [6.07, 6.45) is 4.37. The van der Waals surface area contributed by atoms with Gasteiger partial charge in [0.1, 0.15) is 0 Å². The first-order valence-corrected chi connectivity index (χ1v) is 13.4. The number of piperidine rings is 1. The summed E-state index contributed by atoms with van der Waals surface area (Å²) in [5.74, 6) is 0.146. The van der Waals surface area contributed by atoms with E-state index in [1.165, 1.54) is 11.3 Å². The zero-order valence-electron chi connectivity index (χ0n) is 18.4. The predicted octanol–water partition coefficient (Wildman–Crippen LogP) is 4.07. The third-order valence-electron chi connectivity index (χ3n) is 5.83. The Kier molecular flexibility index (Phi) is 6.62. The number of amides is 1. The molecule has 1 aliphatic rings. The van der Waals surface area contributed by atoms with Crippen molar-refractivity contribution in [3.63, 3.8) is 0 Å². The second-order valence-corrected chi connectivity index (χ2v) is 10.9. The van der Waals surface area contributed by atoms with Crippen LogP contribution in [0.5, 0.6) is 0 Å². The molecule has 33 heavy (non-hydrogen) atoms. The molecular formula is C24H25N3O4S2. The van der Waals surface area contributed by atoms with Gasteiger partial charge < -0.3 is 4.90 Å². The molecule has 0 spiro atoms. The summed E-state index contributed by atoms with van der Waals surface area (Å²) in [6.45, 7) is 3.03. The number of thiazole rings is 1. The average Bonchev–Trinajstić information content (AvgIpc) is 3.34. The number of sulfonamides is 1. The number of aromatic nitrogens is 1. The van der Waals surface area contributed by atoms with E-state index >= 15 is 0 Å². The molecule has 0 atom stereocenters. The zero-order valence-corrected chi connectivity index (χ0v) is 20.1. The van der Waals surface area contributed by atoms with E-state index in [2.05, 4.69) is 9.71 Å². The van der Waals surface area contributed by atoms with E-state index in [-0.39, 0.29) is 11.7 Å². The lowest BCUT2D eigenvalue weighted by molar-refractivity contribution is 0.0713. The molecule has 0 unspecified atom stereocenters. The van der Waals surface area contributed by atoms with Crippen molar-refractivity contribution in [3.8, 4) is 0 Å². The summed E-state index contributed by atoms with van der Waals surface area (Å²) < 4.78 is 25.7. The van der Waals surface area contributed by atoms with E-state index in [4.69, 9.17) is 0 Å². The normalized spacial score (nSPS) is 14.8. The Bertz CT molecular complexity index is 1260. The van der Waals surface area contributed by atoms with Crippen molar-refractivity contribution in [1.82, 2.24) is 9.88 Å². The standard InChI is InChI=1S/C24H25N3O4S2/c1-16-3-4-20(15-21(16)26-33(2,30)31)24(29)27-12-9-18(10-13-27)17-5-7-19(8-6-17)22(28)23-25-11-14-32-23/h3-8,11,14-15,18,26H,9-10,12-13H2,1-2H3. The fraction of sp³-hybridized carbons (Fsp3) is 0.292. The lowest BCUT2D eigenvalue weighted by atomic mass is 9.88. The number of likely N-dealkylation sites (tertiary alicyclic amines) is 1. The van der Waals surface area contributed by atoms with E-state index in [0.717, 1.165) is 30.2 Å². The Hall–Kier alpha value is -3.04. The number of benzene rings is 2. The summed E-state index contributed by atoms with van der Waals surface area (Å²) in [5, 5.41) is 2.27. The molecule has 1 aliphatic heterocycles. The molecule has 2 aromatic carbocycles. The maximum absolute atomic E-state index is 13.0. The van der Waals surface area contributed by atoms with Crippen molar-refractivity contribution < 1.29 is 18.0 Å². The van der Waals surface area contributed by atoms with Gasteiger partial charge in [0.15, 0.2) is 5.01 Å². The van der Waals surface area contributed by atoms with Gasteiger partial charge >= 0.3 is 0 Å². The van der Waals surface area contributed by atoms with E-state index in [9.17, 15) is 18.0 Å². The molecule has 1 aromatic heterocycles. The number of carbonyl (C=O) groups is 2. The fourth-order valence-electron chi connectivity index (χ4n) is 4.03. The van der Waals surface area contributed by atoms with E-state index in [0.29, 0.717) is 40.8 Å². The second kappa shape index (κ2) is 9.44. The van der Waals surface area contributed by atoms with Gasteiger partial charge in [-0.3, -0.25) is 14.3 Å². The maximum atomic E-state index is 13.0. The highest BCUT2D eigenvalue weighted by Crippen LogP contribution is 2.30. The Balaban J connectivity index is 1.39. The highest BCUT2D eigenvalue weighted by molar-refractivity contribution is 7.92. The molecule has 0 saturated carbocycles. The minimum absolute atomic E-state index is 0.0696. The molecule has 0 aliphatic carbocycles. The van der Waals surface area contributed by atoms with Crippen LogP contribution in [0.2, 0.25) is 0 Å². The summed E-state index contributed by atoms with van der Waals surface area (Å²) in [4.78, 5) is 31.3. The first kappa shape index (κ1) is 23.1. The van der Waals surface area contributed by atoms with Crippen molar-refractivity contribution >= 4 is 38.7 Å². The quantitative estimate of drug-likeness (QED) is 0.533. The van der Waals surface area contributed by atoms with E-state index in [1.807, 2.05) is 29.2 Å². The van der Waals surface area contributed by atoms with Gasteiger partial charge in [0.05, 0.1) is 11.9 Å². The van der Waals surface area contributed by atoms with Gasteiger partial charge in [0.25, 0.3) is 5.91 Å². The lowest BCUT2D eigenvalue weighted by Gasteiger charge is -2.32. The van der Waals surface area contributed by atoms with Gasteiger partial charge in [-0.15, -0.1) is 11.3 Å². The number of hydrogen-bond donors (Lipinski definition) is 1. The number of ketones is 1. The van der Waals surface area contributed by atoms with Crippen LogP contribution in [0.1, 0.15) is 55.6 Å². The van der Waals surface area contributed by atoms with Crippen LogP contribution in [0.3, 0.4) is 0 Å². The summed E-state index contributed by atoms with van der Waals surface area (Å²) in [6, 6.07) is 12.8. The molecule has 0 radical (unpaired) electrons. The van der Waals surface area contributed by atoms with Crippen molar-refractivity contribution in [2.75, 3.05) is 24.1 Å². The Morgan fingerprint density at radius 1 is 1.06 bits per heavy atom. The monoisotopic (exact) mass is 483 g/mol. The van der Waals surface area contributed by atoms with E-state index in [1.54, 1.807) is 36.7 Å². The number of rotatable bonds is 6. The first-order chi connectivity index (χ1) is 15.7. The molecule has 0 bridgehead atoms. The number of anilines is 1. The van der Waals surface area contributed by atoms with Crippen molar-refractivity contribution in [1.29, 1.82) is 0 Å². The molecule has 2 heterocycles. The molecule has 9 heteroatoms. The Morgan fingerprint density at radius 3 is 2.33 bits per heavy atom. The van der Waals surface area contributed by atoms with Crippen molar-refractivity contribution in [3.05, 3.63) is 81.3 Å². The highest BCUT2D eigenvalue weighted by atomic mass is 32.2. The molecule has 1 saturated heterocycles. The van der Waals surface area contributed by atoms with Crippen molar-refractivity contribution in [2.24, 2.45) is 0 Å². The Labute approximate surface area is 197 Å². The molecule has 1 amide bonds. The first-order valence-electron chi connectivity index (χ1n) is 10.6. The molecule has 1 fully saturated rings. The molecular weight excluding hydrogens is 458 g/mol. The number of hydrogen-bond acceptors (Lipinski definition) is 6. The second-order valence-electron chi connectivity index (χ2n) is 8.26. The Morgan fingerprint density at radius 2 is 1.73 bits per heavy atom. The fourth-order valence-corrected chi connectivity index (χ4v) is 5.25. The predicted molar refractivity (Wildman–Crippen MR) is 130 cm³/mol. The summed E-state index contributed by atoms with van der Waals surface area (Å²) in [5.41, 5.74) is 3.43. The van der Waals surface area contributed by atoms with Crippen LogP contribution >= 0.6 is 11.3 Å². The van der Waals surface area contributed by atoms with Crippen LogP contribution in [-0.2, 0) is 10.0 Å². The van der Waals surface area contributed by atoms with Gasteiger partial charge in [0, 0.05) is 35.8 Å². The number of nitrogens with one attached hydrogen (secondary N) is 1. The molecule has 1 N–H and O–H groups in total. The molecule has 4 rings (SSSR count). The lowest BCUT2D eigenvalue weighted by Crippen LogP contribution is -2.38. The SMILES string of the molecule is Cc1ccc(C(=O)N2CCC(c3ccc(C(=O)c4nccs4)cc3)CC2)cc1NS(C)(=O)=O. The third-order valence-corrected chi connectivity index (χ3v) is 7.20. The van der Waals surface area contributed by atoms with Crippen LogP contribution in [0.4, 0.5) is 5.69 Å². The van der Waals surface area contributed by atoms with Crippen molar-refractivity contribution in [2.45, 2.75) is 25.7 Å². The summed E-state index contributed by atoms with van der Waals surface area (Å²) >= 11 is 1.33. The van der Waals surface area contributed by atoms with Crippen LogP contribution in [0.15, 0.2) is 54.0 Å². The zero-order chi connectivity index (χ0) is 23.6. The molecule has 3 aromatic rings. The summed E-state index contributed by atoms with van der Waals surface area (Å²) in [7, 11) is -3.43. The van der Waals surface area contributed by atoms with Gasteiger partial charge in [-0.1, -0.05) is 30.3 Å². The number of aryl methyl sites for hydroxylation is 1. The smallest absolute Gasteiger partial charge is 0.253 e.